The molecule has 2 rings (SSSR count). The van der Waals surface area contributed by atoms with Gasteiger partial charge in [0.05, 0.1) is 0 Å². The maximum absolute atomic E-state index is 5.72. The number of piperidine rings is 1. The largest absolute Gasteiger partial charge is 0.466 e. The molecular formula is C14H23NO. The van der Waals surface area contributed by atoms with Crippen molar-refractivity contribution in [1.82, 2.24) is 5.32 Å². The molecule has 2 nitrogen and oxygen atoms in total. The second-order valence-electron chi connectivity index (χ2n) is 5.38. The normalized spacial score (nSPS) is 26.2. The topological polar surface area (TPSA) is 25.2 Å². The molecule has 0 aromatic carbocycles. The summed E-state index contributed by atoms with van der Waals surface area (Å²) in [5.41, 5.74) is 0.253. The third kappa shape index (κ3) is 2.32. The van der Waals surface area contributed by atoms with Crippen molar-refractivity contribution < 1.29 is 4.42 Å². The van der Waals surface area contributed by atoms with Crippen LogP contribution in [0.25, 0.3) is 0 Å². The van der Waals surface area contributed by atoms with Gasteiger partial charge >= 0.3 is 0 Å². The van der Waals surface area contributed by atoms with Gasteiger partial charge in [-0.05, 0) is 44.4 Å². The first-order valence-corrected chi connectivity index (χ1v) is 6.43. The molecule has 0 spiro atoms. The Hall–Kier alpha value is -0.760. The van der Waals surface area contributed by atoms with Crippen LogP contribution < -0.4 is 5.32 Å². The predicted octanol–water partition coefficient (Wildman–Crippen LogP) is 3.30. The van der Waals surface area contributed by atoms with E-state index in [4.69, 9.17) is 4.42 Å². The van der Waals surface area contributed by atoms with Crippen LogP contribution in [-0.4, -0.2) is 12.1 Å². The number of aryl methyl sites for hydroxylation is 1. The minimum Gasteiger partial charge on any atom is -0.466 e. The Morgan fingerprint density at radius 1 is 1.38 bits per heavy atom. The molecule has 1 unspecified atom stereocenters. The van der Waals surface area contributed by atoms with Crippen LogP contribution in [0.2, 0.25) is 0 Å². The average molecular weight is 221 g/mol. The van der Waals surface area contributed by atoms with Crippen molar-refractivity contribution in [2.75, 3.05) is 6.54 Å². The number of nitrogens with one attached hydrogen (secondary N) is 1. The van der Waals surface area contributed by atoms with Gasteiger partial charge in [-0.15, -0.1) is 0 Å². The lowest BCUT2D eigenvalue weighted by atomic mass is 9.76. The van der Waals surface area contributed by atoms with Crippen molar-refractivity contribution in [2.45, 2.75) is 52.0 Å². The highest BCUT2D eigenvalue weighted by molar-refractivity contribution is 5.11. The van der Waals surface area contributed by atoms with Crippen molar-refractivity contribution in [3.63, 3.8) is 0 Å². The first-order chi connectivity index (χ1) is 7.62. The quantitative estimate of drug-likeness (QED) is 0.847. The summed E-state index contributed by atoms with van der Waals surface area (Å²) in [5, 5.41) is 3.73. The maximum atomic E-state index is 5.72. The van der Waals surface area contributed by atoms with E-state index in [1.165, 1.54) is 19.3 Å². The Labute approximate surface area is 98.4 Å². The molecule has 1 atom stereocenters. The zero-order valence-corrected chi connectivity index (χ0v) is 10.7. The molecule has 1 aliphatic heterocycles. The van der Waals surface area contributed by atoms with E-state index in [1.54, 1.807) is 0 Å². The van der Waals surface area contributed by atoms with Crippen molar-refractivity contribution >= 4 is 0 Å². The minimum absolute atomic E-state index is 0.253. The molecule has 0 bridgehead atoms. The fourth-order valence-corrected chi connectivity index (χ4v) is 2.73. The highest BCUT2D eigenvalue weighted by atomic mass is 16.3. The summed E-state index contributed by atoms with van der Waals surface area (Å²) in [6.07, 6.45) is 4.94. The van der Waals surface area contributed by atoms with Crippen LogP contribution in [0.5, 0.6) is 0 Å². The van der Waals surface area contributed by atoms with Gasteiger partial charge in [0, 0.05) is 12.0 Å². The van der Waals surface area contributed by atoms with E-state index in [-0.39, 0.29) is 5.54 Å². The van der Waals surface area contributed by atoms with Crippen LogP contribution in [0.1, 0.15) is 44.6 Å². The van der Waals surface area contributed by atoms with Crippen molar-refractivity contribution in [3.05, 3.63) is 23.7 Å². The molecule has 0 saturated carbocycles. The summed E-state index contributed by atoms with van der Waals surface area (Å²) in [4.78, 5) is 0. The average Bonchev–Trinajstić information content (AvgIpc) is 2.65. The summed E-state index contributed by atoms with van der Waals surface area (Å²) in [6.45, 7) is 7.79. The van der Waals surface area contributed by atoms with E-state index in [0.717, 1.165) is 24.5 Å². The Kier molecular flexibility index (Phi) is 3.38. The minimum atomic E-state index is 0.253. The number of hydrogen-bond acceptors (Lipinski definition) is 2. The molecule has 2 heteroatoms. The molecular weight excluding hydrogens is 198 g/mol. The lowest BCUT2D eigenvalue weighted by Gasteiger charge is -2.41. The summed E-state index contributed by atoms with van der Waals surface area (Å²) in [5.74, 6) is 2.79. The SMILES string of the molecule is Cc1ccc(CC2(C(C)C)CCCCN2)o1. The van der Waals surface area contributed by atoms with E-state index in [0.29, 0.717) is 5.92 Å². The lowest BCUT2D eigenvalue weighted by molar-refractivity contribution is 0.172. The molecule has 0 amide bonds. The van der Waals surface area contributed by atoms with Crippen LogP contribution >= 0.6 is 0 Å². The zero-order valence-electron chi connectivity index (χ0n) is 10.7. The third-order valence-electron chi connectivity index (χ3n) is 3.92. The first kappa shape index (κ1) is 11.7. The molecule has 90 valence electrons. The van der Waals surface area contributed by atoms with Gasteiger partial charge in [-0.1, -0.05) is 20.3 Å². The predicted molar refractivity (Wildman–Crippen MR) is 66.6 cm³/mol. The molecule has 0 aliphatic carbocycles. The van der Waals surface area contributed by atoms with E-state index in [2.05, 4.69) is 31.3 Å². The molecule has 1 N–H and O–H groups in total. The van der Waals surface area contributed by atoms with Crippen LogP contribution in [0.3, 0.4) is 0 Å². The Morgan fingerprint density at radius 2 is 2.19 bits per heavy atom. The Balaban J connectivity index is 2.13. The molecule has 0 radical (unpaired) electrons. The molecule has 1 aliphatic rings. The highest BCUT2D eigenvalue weighted by Gasteiger charge is 2.35. The smallest absolute Gasteiger partial charge is 0.106 e. The monoisotopic (exact) mass is 221 g/mol. The first-order valence-electron chi connectivity index (χ1n) is 6.43. The van der Waals surface area contributed by atoms with Gasteiger partial charge in [0.2, 0.25) is 0 Å². The van der Waals surface area contributed by atoms with Gasteiger partial charge in [-0.2, -0.15) is 0 Å². The molecule has 16 heavy (non-hydrogen) atoms. The molecule has 1 aromatic heterocycles. The number of rotatable bonds is 3. The zero-order chi connectivity index (χ0) is 11.6. The standard InChI is InChI=1S/C14H23NO/c1-11(2)14(8-4-5-9-15-14)10-13-7-6-12(3)16-13/h6-7,11,15H,4-5,8-10H2,1-3H3. The van der Waals surface area contributed by atoms with Crippen LogP contribution in [0.4, 0.5) is 0 Å². The second kappa shape index (κ2) is 4.62. The molecule has 2 heterocycles. The van der Waals surface area contributed by atoms with Gasteiger partial charge in [0.25, 0.3) is 0 Å². The summed E-state index contributed by atoms with van der Waals surface area (Å²) >= 11 is 0. The van der Waals surface area contributed by atoms with Gasteiger partial charge < -0.3 is 9.73 Å². The van der Waals surface area contributed by atoms with Crippen LogP contribution in [0.15, 0.2) is 16.5 Å². The van der Waals surface area contributed by atoms with Crippen molar-refractivity contribution in [3.8, 4) is 0 Å². The highest BCUT2D eigenvalue weighted by Crippen LogP contribution is 2.31. The van der Waals surface area contributed by atoms with E-state index < -0.39 is 0 Å². The number of furan rings is 1. The van der Waals surface area contributed by atoms with Crippen LogP contribution in [-0.2, 0) is 6.42 Å². The maximum Gasteiger partial charge on any atom is 0.106 e. The van der Waals surface area contributed by atoms with Gasteiger partial charge in [0.15, 0.2) is 0 Å². The fourth-order valence-electron chi connectivity index (χ4n) is 2.73. The molecule has 1 aromatic rings. The van der Waals surface area contributed by atoms with Gasteiger partial charge in [0.1, 0.15) is 11.5 Å². The van der Waals surface area contributed by atoms with Gasteiger partial charge in [-0.3, -0.25) is 0 Å². The molecule has 1 fully saturated rings. The Bertz CT molecular complexity index is 334. The lowest BCUT2D eigenvalue weighted by Crippen LogP contribution is -2.54. The van der Waals surface area contributed by atoms with Gasteiger partial charge in [-0.25, -0.2) is 0 Å². The van der Waals surface area contributed by atoms with Crippen molar-refractivity contribution in [1.29, 1.82) is 0 Å². The summed E-state index contributed by atoms with van der Waals surface area (Å²) in [7, 11) is 0. The molecule has 1 saturated heterocycles. The van der Waals surface area contributed by atoms with E-state index >= 15 is 0 Å². The fraction of sp³-hybridized carbons (Fsp3) is 0.714. The third-order valence-corrected chi connectivity index (χ3v) is 3.92. The van der Waals surface area contributed by atoms with E-state index in [9.17, 15) is 0 Å². The van der Waals surface area contributed by atoms with E-state index in [1.807, 2.05) is 6.92 Å². The van der Waals surface area contributed by atoms with Crippen LogP contribution in [0, 0.1) is 12.8 Å². The number of hydrogen-bond donors (Lipinski definition) is 1. The van der Waals surface area contributed by atoms with Crippen molar-refractivity contribution in [2.24, 2.45) is 5.92 Å². The Morgan fingerprint density at radius 3 is 2.69 bits per heavy atom. The summed E-state index contributed by atoms with van der Waals surface area (Å²) < 4.78 is 5.72. The second-order valence-corrected chi connectivity index (χ2v) is 5.38. The summed E-state index contributed by atoms with van der Waals surface area (Å²) in [6, 6.07) is 4.18.